The number of carbonyl (C=O) groups is 2. The highest BCUT2D eigenvalue weighted by Gasteiger charge is 2.33. The summed E-state index contributed by atoms with van der Waals surface area (Å²) in [5.41, 5.74) is 0.634. The number of carbonyl (C=O) groups excluding carboxylic acids is 2. The van der Waals surface area contributed by atoms with E-state index in [-0.39, 0.29) is 22.9 Å². The van der Waals surface area contributed by atoms with E-state index in [4.69, 9.17) is 37.4 Å². The molecular weight excluding hydrogens is 641 g/mol. The van der Waals surface area contributed by atoms with Gasteiger partial charge in [-0.05, 0) is 68.8 Å². The molecular formula is C32H39Cl2N3O7S. The van der Waals surface area contributed by atoms with Gasteiger partial charge in [0.05, 0.1) is 31.4 Å². The van der Waals surface area contributed by atoms with E-state index in [0.717, 1.165) is 17.1 Å². The number of anilines is 1. The number of halogens is 2. The molecule has 244 valence electrons. The summed E-state index contributed by atoms with van der Waals surface area (Å²) in [7, 11) is -1.53. The second-order valence-corrected chi connectivity index (χ2v) is 12.7. The molecule has 0 radical (unpaired) electrons. The Balaban J connectivity index is 2.09. The van der Waals surface area contributed by atoms with E-state index in [1.165, 1.54) is 37.3 Å². The number of unbranched alkanes of at least 4 members (excludes halogenated alkanes) is 1. The van der Waals surface area contributed by atoms with Crippen molar-refractivity contribution in [3.8, 4) is 17.2 Å². The van der Waals surface area contributed by atoms with Crippen LogP contribution in [-0.4, -0.2) is 65.1 Å². The van der Waals surface area contributed by atoms with Crippen molar-refractivity contribution in [1.82, 2.24) is 10.2 Å². The minimum absolute atomic E-state index is 0.132. The molecule has 10 nitrogen and oxygen atoms in total. The fourth-order valence-electron chi connectivity index (χ4n) is 4.48. The zero-order valence-electron chi connectivity index (χ0n) is 26.0. The summed E-state index contributed by atoms with van der Waals surface area (Å²) in [6.45, 7) is 5.49. The molecule has 0 spiro atoms. The number of hydrogen-bond donors (Lipinski definition) is 1. The minimum Gasteiger partial charge on any atom is -0.494 e. The molecule has 1 unspecified atom stereocenters. The highest BCUT2D eigenvalue weighted by Crippen LogP contribution is 2.33. The summed E-state index contributed by atoms with van der Waals surface area (Å²) in [5, 5.41) is 3.46. The van der Waals surface area contributed by atoms with Gasteiger partial charge < -0.3 is 24.4 Å². The molecule has 3 aromatic rings. The van der Waals surface area contributed by atoms with Crippen LogP contribution in [0.15, 0.2) is 65.6 Å². The third kappa shape index (κ3) is 8.96. The van der Waals surface area contributed by atoms with Gasteiger partial charge in [0.1, 0.15) is 18.3 Å². The van der Waals surface area contributed by atoms with Crippen molar-refractivity contribution in [2.45, 2.75) is 51.1 Å². The summed E-state index contributed by atoms with van der Waals surface area (Å²) in [4.78, 5) is 28.5. The first-order valence-corrected chi connectivity index (χ1v) is 16.7. The number of hydrogen-bond acceptors (Lipinski definition) is 7. The summed E-state index contributed by atoms with van der Waals surface area (Å²) in [6.07, 6.45) is 1.63. The number of methoxy groups -OCH3 is 2. The number of nitrogens with one attached hydrogen (secondary N) is 1. The number of ether oxygens (including phenoxy) is 3. The lowest BCUT2D eigenvalue weighted by molar-refractivity contribution is -0.139. The van der Waals surface area contributed by atoms with Crippen LogP contribution in [0.2, 0.25) is 10.0 Å². The smallest absolute Gasteiger partial charge is 0.264 e. The predicted octanol–water partition coefficient (Wildman–Crippen LogP) is 5.94. The van der Waals surface area contributed by atoms with Crippen LogP contribution < -0.4 is 23.8 Å². The Morgan fingerprint density at radius 2 is 1.58 bits per heavy atom. The first-order chi connectivity index (χ1) is 21.5. The molecule has 13 heteroatoms. The van der Waals surface area contributed by atoms with Crippen molar-refractivity contribution in [1.29, 1.82) is 0 Å². The molecule has 0 aromatic heterocycles. The third-order valence-electron chi connectivity index (χ3n) is 7.04. The molecule has 1 N–H and O–H groups in total. The predicted molar refractivity (Wildman–Crippen MR) is 176 cm³/mol. The topological polar surface area (TPSA) is 114 Å². The van der Waals surface area contributed by atoms with E-state index in [1.807, 2.05) is 13.8 Å². The van der Waals surface area contributed by atoms with Crippen LogP contribution in [0.25, 0.3) is 0 Å². The van der Waals surface area contributed by atoms with Crippen molar-refractivity contribution in [3.05, 3.63) is 76.3 Å². The van der Waals surface area contributed by atoms with Crippen molar-refractivity contribution >= 4 is 50.7 Å². The highest BCUT2D eigenvalue weighted by molar-refractivity contribution is 7.92. The fourth-order valence-corrected chi connectivity index (χ4v) is 6.43. The normalized spacial score (nSPS) is 11.8. The quantitative estimate of drug-likeness (QED) is 0.186. The molecule has 1 atom stereocenters. The molecule has 0 bridgehead atoms. The van der Waals surface area contributed by atoms with Crippen LogP contribution in [0.5, 0.6) is 17.2 Å². The van der Waals surface area contributed by atoms with Crippen molar-refractivity contribution < 1.29 is 32.2 Å². The van der Waals surface area contributed by atoms with Crippen LogP contribution in [0.1, 0.15) is 39.2 Å². The van der Waals surface area contributed by atoms with Gasteiger partial charge in [-0.1, -0.05) is 42.6 Å². The van der Waals surface area contributed by atoms with Gasteiger partial charge in [-0.25, -0.2) is 8.42 Å². The molecule has 3 rings (SSSR count). The lowest BCUT2D eigenvalue weighted by atomic mass is 10.1. The molecule has 0 aliphatic carbocycles. The van der Waals surface area contributed by atoms with E-state index in [9.17, 15) is 18.0 Å². The van der Waals surface area contributed by atoms with E-state index in [2.05, 4.69) is 5.32 Å². The average Bonchev–Trinajstić information content (AvgIpc) is 3.03. The largest absolute Gasteiger partial charge is 0.494 e. The molecule has 0 fully saturated rings. The maximum atomic E-state index is 14.2. The maximum absolute atomic E-state index is 14.2. The van der Waals surface area contributed by atoms with Gasteiger partial charge in [0.25, 0.3) is 10.0 Å². The monoisotopic (exact) mass is 679 g/mol. The van der Waals surface area contributed by atoms with Crippen molar-refractivity contribution in [2.24, 2.45) is 0 Å². The van der Waals surface area contributed by atoms with Crippen molar-refractivity contribution in [2.75, 3.05) is 38.2 Å². The Labute approximate surface area is 275 Å². The molecule has 0 aliphatic rings. The van der Waals surface area contributed by atoms with Crippen LogP contribution >= 0.6 is 23.2 Å². The fraction of sp³-hybridized carbons (Fsp3) is 0.375. The molecule has 0 aliphatic heterocycles. The zero-order valence-corrected chi connectivity index (χ0v) is 28.3. The number of benzene rings is 3. The summed E-state index contributed by atoms with van der Waals surface area (Å²) in [6, 6.07) is 14.4. The van der Waals surface area contributed by atoms with E-state index in [0.29, 0.717) is 40.3 Å². The molecule has 0 saturated carbocycles. The SMILES string of the molecule is CCCCNC(=O)C(C)N(Cc1c(Cl)cccc1Cl)C(=O)CN(c1ccc(OCC)cc1)S(=O)(=O)c1ccc(OC)c(OC)c1. The number of nitrogens with zero attached hydrogens (tertiary/aromatic N) is 2. The molecule has 45 heavy (non-hydrogen) atoms. The Bertz CT molecular complexity index is 1550. The third-order valence-corrected chi connectivity index (χ3v) is 9.52. The summed E-state index contributed by atoms with van der Waals surface area (Å²) < 4.78 is 45.6. The number of sulfonamides is 1. The Morgan fingerprint density at radius 3 is 2.16 bits per heavy atom. The maximum Gasteiger partial charge on any atom is 0.264 e. The van der Waals surface area contributed by atoms with Gasteiger partial charge in [0.15, 0.2) is 11.5 Å². The molecule has 3 aromatic carbocycles. The average molecular weight is 681 g/mol. The number of rotatable bonds is 16. The standard InChI is InChI=1S/C32H39Cl2N3O7S/c1-6-8-18-35-32(39)22(3)36(20-26-27(33)10-9-11-28(26)34)31(38)21-37(23-12-14-24(15-13-23)44-7-2)45(40,41)25-16-17-29(42-4)30(19-25)43-5/h9-17,19,22H,6-8,18,20-21H2,1-5H3,(H,35,39). The summed E-state index contributed by atoms with van der Waals surface area (Å²) in [5.74, 6) is 0.0237. The van der Waals surface area contributed by atoms with E-state index in [1.54, 1.807) is 49.4 Å². The van der Waals surface area contributed by atoms with Gasteiger partial charge in [0, 0.05) is 34.8 Å². The first kappa shape index (κ1) is 35.8. The number of amides is 2. The lowest BCUT2D eigenvalue weighted by Crippen LogP contribution is -2.51. The van der Waals surface area contributed by atoms with Crippen LogP contribution in [-0.2, 0) is 26.2 Å². The lowest BCUT2D eigenvalue weighted by Gasteiger charge is -2.32. The van der Waals surface area contributed by atoms with E-state index >= 15 is 0 Å². The first-order valence-electron chi connectivity index (χ1n) is 14.5. The summed E-state index contributed by atoms with van der Waals surface area (Å²) >= 11 is 12.9. The van der Waals surface area contributed by atoms with E-state index < -0.39 is 34.4 Å². The Morgan fingerprint density at radius 1 is 0.933 bits per heavy atom. The second-order valence-electron chi connectivity index (χ2n) is 10.00. The van der Waals surface area contributed by atoms with Crippen LogP contribution in [0.4, 0.5) is 5.69 Å². The van der Waals surface area contributed by atoms with Crippen LogP contribution in [0, 0.1) is 0 Å². The molecule has 2 amide bonds. The van der Waals surface area contributed by atoms with Gasteiger partial charge in [-0.2, -0.15) is 0 Å². The molecule has 0 heterocycles. The van der Waals surface area contributed by atoms with Gasteiger partial charge in [-0.15, -0.1) is 0 Å². The minimum atomic E-state index is -4.36. The molecule has 0 saturated heterocycles. The van der Waals surface area contributed by atoms with Gasteiger partial charge >= 0.3 is 0 Å². The van der Waals surface area contributed by atoms with Gasteiger partial charge in [0.2, 0.25) is 11.8 Å². The van der Waals surface area contributed by atoms with Crippen LogP contribution in [0.3, 0.4) is 0 Å². The zero-order chi connectivity index (χ0) is 33.1. The van der Waals surface area contributed by atoms with Crippen molar-refractivity contribution in [3.63, 3.8) is 0 Å². The van der Waals surface area contributed by atoms with Gasteiger partial charge in [-0.3, -0.25) is 13.9 Å². The highest BCUT2D eigenvalue weighted by atomic mass is 35.5. The Hall–Kier alpha value is -3.67. The Kier molecular flexibility index (Phi) is 13.2. The second kappa shape index (κ2) is 16.6.